The zero-order valence-corrected chi connectivity index (χ0v) is 14.1. The molecule has 0 fully saturated rings. The highest BCUT2D eigenvalue weighted by molar-refractivity contribution is 5.76. The third-order valence-electron chi connectivity index (χ3n) is 4.48. The number of β-amino-alcohol motifs (C(OH)–C–C–N with tert-alkyl or cyclic N) is 1. The molecule has 3 heterocycles. The van der Waals surface area contributed by atoms with Crippen LogP contribution in [0, 0.1) is 0 Å². The third-order valence-corrected chi connectivity index (χ3v) is 4.48. The van der Waals surface area contributed by atoms with E-state index < -0.39 is 6.10 Å². The predicted molar refractivity (Wildman–Crippen MR) is 92.7 cm³/mol. The van der Waals surface area contributed by atoms with Crippen molar-refractivity contribution >= 4 is 5.91 Å². The van der Waals surface area contributed by atoms with E-state index >= 15 is 0 Å². The topological polar surface area (TPSA) is 92.3 Å². The first-order chi connectivity index (χ1) is 12.7. The molecular weight excluding hydrogens is 332 g/mol. The highest BCUT2D eigenvalue weighted by atomic mass is 16.5. The van der Waals surface area contributed by atoms with Crippen molar-refractivity contribution in [2.24, 2.45) is 0 Å². The van der Waals surface area contributed by atoms with Crippen molar-refractivity contribution in [2.45, 2.75) is 25.5 Å². The van der Waals surface area contributed by atoms with Crippen LogP contribution in [0.1, 0.15) is 29.5 Å². The molecule has 0 radical (unpaired) electrons. The van der Waals surface area contributed by atoms with Gasteiger partial charge in [0.1, 0.15) is 0 Å². The van der Waals surface area contributed by atoms with Crippen molar-refractivity contribution in [3.63, 3.8) is 0 Å². The van der Waals surface area contributed by atoms with Gasteiger partial charge in [0.15, 0.2) is 0 Å². The van der Waals surface area contributed by atoms with E-state index in [4.69, 9.17) is 4.52 Å². The van der Waals surface area contributed by atoms with E-state index in [-0.39, 0.29) is 12.3 Å². The molecule has 1 N–H and O–H groups in total. The molecule has 1 atom stereocenters. The number of amides is 1. The number of benzene rings is 1. The number of nitrogens with zero attached hydrogens (tertiary/aromatic N) is 4. The Hall–Kier alpha value is -3.06. The minimum atomic E-state index is -0.648. The average molecular weight is 350 g/mol. The SMILES string of the molecule is O=C(CCc1nc(-c2ccncc2)no1)N1Cc2ccccc2C(O)C1. The lowest BCUT2D eigenvalue weighted by Gasteiger charge is -2.32. The van der Waals surface area contributed by atoms with Crippen LogP contribution in [0.25, 0.3) is 11.4 Å². The Balaban J connectivity index is 1.38. The van der Waals surface area contributed by atoms with E-state index in [9.17, 15) is 9.90 Å². The molecular formula is C19H18N4O3. The molecule has 2 aromatic heterocycles. The molecule has 0 aliphatic carbocycles. The zero-order valence-electron chi connectivity index (χ0n) is 14.1. The lowest BCUT2D eigenvalue weighted by atomic mass is 9.97. The summed E-state index contributed by atoms with van der Waals surface area (Å²) in [7, 11) is 0. The number of hydrogen-bond acceptors (Lipinski definition) is 6. The average Bonchev–Trinajstić information content (AvgIpc) is 3.16. The number of carbonyl (C=O) groups excluding carboxylic acids is 1. The van der Waals surface area contributed by atoms with Crippen LogP contribution >= 0.6 is 0 Å². The van der Waals surface area contributed by atoms with Gasteiger partial charge in [0.2, 0.25) is 17.6 Å². The summed E-state index contributed by atoms with van der Waals surface area (Å²) in [6.07, 6.45) is 3.30. The summed E-state index contributed by atoms with van der Waals surface area (Å²) < 4.78 is 5.23. The Labute approximate surface area is 150 Å². The molecule has 1 unspecified atom stereocenters. The molecule has 26 heavy (non-hydrogen) atoms. The quantitative estimate of drug-likeness (QED) is 0.775. The number of aromatic nitrogens is 3. The largest absolute Gasteiger partial charge is 0.387 e. The number of pyridine rings is 1. The van der Waals surface area contributed by atoms with Crippen LogP contribution in [0.5, 0.6) is 0 Å². The molecule has 7 nitrogen and oxygen atoms in total. The lowest BCUT2D eigenvalue weighted by Crippen LogP contribution is -2.38. The van der Waals surface area contributed by atoms with Gasteiger partial charge in [-0.1, -0.05) is 29.4 Å². The number of carbonyl (C=O) groups is 1. The van der Waals surface area contributed by atoms with Gasteiger partial charge in [-0.2, -0.15) is 4.98 Å². The van der Waals surface area contributed by atoms with Crippen LogP contribution in [0.2, 0.25) is 0 Å². The van der Waals surface area contributed by atoms with Gasteiger partial charge in [-0.05, 0) is 23.3 Å². The molecule has 1 aromatic carbocycles. The van der Waals surface area contributed by atoms with Crippen LogP contribution in [-0.4, -0.2) is 37.6 Å². The monoisotopic (exact) mass is 350 g/mol. The summed E-state index contributed by atoms with van der Waals surface area (Å²) in [6, 6.07) is 11.3. The summed E-state index contributed by atoms with van der Waals surface area (Å²) in [5, 5.41) is 14.2. The lowest BCUT2D eigenvalue weighted by molar-refractivity contribution is -0.134. The third kappa shape index (κ3) is 3.34. The summed E-state index contributed by atoms with van der Waals surface area (Å²) in [5.74, 6) is 0.863. The first-order valence-corrected chi connectivity index (χ1v) is 8.47. The summed E-state index contributed by atoms with van der Waals surface area (Å²) >= 11 is 0. The summed E-state index contributed by atoms with van der Waals surface area (Å²) in [5.41, 5.74) is 2.70. The first kappa shape index (κ1) is 16.4. The van der Waals surface area contributed by atoms with Crippen molar-refractivity contribution in [1.29, 1.82) is 0 Å². The van der Waals surface area contributed by atoms with Gasteiger partial charge < -0.3 is 14.5 Å². The van der Waals surface area contributed by atoms with E-state index in [2.05, 4.69) is 15.1 Å². The van der Waals surface area contributed by atoms with Gasteiger partial charge >= 0.3 is 0 Å². The van der Waals surface area contributed by atoms with Crippen LogP contribution in [0.4, 0.5) is 0 Å². The van der Waals surface area contributed by atoms with Crippen molar-refractivity contribution in [1.82, 2.24) is 20.0 Å². The minimum Gasteiger partial charge on any atom is -0.387 e. The number of fused-ring (bicyclic) bond motifs is 1. The molecule has 7 heteroatoms. The first-order valence-electron chi connectivity index (χ1n) is 8.47. The van der Waals surface area contributed by atoms with E-state index in [1.165, 1.54) is 0 Å². The van der Waals surface area contributed by atoms with Gasteiger partial charge in [0.05, 0.1) is 12.6 Å². The van der Waals surface area contributed by atoms with Gasteiger partial charge in [0.25, 0.3) is 0 Å². The van der Waals surface area contributed by atoms with Gasteiger partial charge in [-0.25, -0.2) is 0 Å². The summed E-state index contributed by atoms with van der Waals surface area (Å²) in [6.45, 7) is 0.820. The molecule has 0 saturated carbocycles. The molecule has 132 valence electrons. The second kappa shape index (κ2) is 7.05. The standard InChI is InChI=1S/C19H18N4O3/c24-16-12-23(11-14-3-1-2-4-15(14)16)18(25)6-5-17-21-19(22-26-17)13-7-9-20-10-8-13/h1-4,7-10,16,24H,5-6,11-12H2. The van der Waals surface area contributed by atoms with E-state index in [1.807, 2.05) is 24.3 Å². The number of aryl methyl sites for hydroxylation is 1. The van der Waals surface area contributed by atoms with E-state index in [0.29, 0.717) is 31.2 Å². The predicted octanol–water partition coefficient (Wildman–Crippen LogP) is 2.14. The fourth-order valence-electron chi connectivity index (χ4n) is 3.12. The number of aliphatic hydroxyl groups excluding tert-OH is 1. The minimum absolute atomic E-state index is 0.0396. The summed E-state index contributed by atoms with van der Waals surface area (Å²) in [4.78, 5) is 22.5. The van der Waals surface area contributed by atoms with Crippen LogP contribution in [-0.2, 0) is 17.8 Å². The molecule has 1 aliphatic heterocycles. The van der Waals surface area contributed by atoms with Gasteiger partial charge in [0, 0.05) is 37.3 Å². The molecule has 0 bridgehead atoms. The van der Waals surface area contributed by atoms with Crippen molar-refractivity contribution < 1.29 is 14.4 Å². The van der Waals surface area contributed by atoms with Gasteiger partial charge in [-0.15, -0.1) is 0 Å². The van der Waals surface area contributed by atoms with Gasteiger partial charge in [-0.3, -0.25) is 9.78 Å². The fraction of sp³-hybridized carbons (Fsp3) is 0.263. The van der Waals surface area contributed by atoms with Crippen LogP contribution in [0.3, 0.4) is 0 Å². The zero-order chi connectivity index (χ0) is 17.9. The Morgan fingerprint density at radius 3 is 2.88 bits per heavy atom. The second-order valence-corrected chi connectivity index (χ2v) is 6.24. The molecule has 4 rings (SSSR count). The number of hydrogen-bond donors (Lipinski definition) is 1. The fourth-order valence-corrected chi connectivity index (χ4v) is 3.12. The van der Waals surface area contributed by atoms with E-state index in [0.717, 1.165) is 16.7 Å². The van der Waals surface area contributed by atoms with Crippen molar-refractivity contribution in [2.75, 3.05) is 6.54 Å². The molecule has 0 spiro atoms. The molecule has 0 saturated heterocycles. The maximum atomic E-state index is 12.5. The number of aliphatic hydroxyl groups is 1. The maximum absolute atomic E-state index is 12.5. The normalized spacial score (nSPS) is 16.3. The Morgan fingerprint density at radius 1 is 1.23 bits per heavy atom. The Kier molecular flexibility index (Phi) is 4.45. The highest BCUT2D eigenvalue weighted by Gasteiger charge is 2.26. The second-order valence-electron chi connectivity index (χ2n) is 6.24. The van der Waals surface area contributed by atoms with Crippen LogP contribution in [0.15, 0.2) is 53.3 Å². The van der Waals surface area contributed by atoms with Crippen molar-refractivity contribution in [3.8, 4) is 11.4 Å². The van der Waals surface area contributed by atoms with Crippen LogP contribution < -0.4 is 0 Å². The highest BCUT2D eigenvalue weighted by Crippen LogP contribution is 2.26. The van der Waals surface area contributed by atoms with Crippen molar-refractivity contribution in [3.05, 3.63) is 65.8 Å². The molecule has 3 aromatic rings. The molecule has 1 aliphatic rings. The smallest absolute Gasteiger partial charge is 0.227 e. The Bertz CT molecular complexity index is 910. The number of rotatable bonds is 4. The Morgan fingerprint density at radius 2 is 2.04 bits per heavy atom. The maximum Gasteiger partial charge on any atom is 0.227 e. The molecule has 1 amide bonds. The van der Waals surface area contributed by atoms with E-state index in [1.54, 1.807) is 29.4 Å².